The molecule has 0 amide bonds. The van der Waals surface area contributed by atoms with Crippen LogP contribution in [0.1, 0.15) is 42.0 Å². The number of rotatable bonds is 2. The van der Waals surface area contributed by atoms with Crippen molar-refractivity contribution in [3.05, 3.63) is 23.0 Å². The molecule has 1 aliphatic carbocycles. The highest BCUT2D eigenvalue weighted by Crippen LogP contribution is 2.54. The van der Waals surface area contributed by atoms with Crippen LogP contribution in [0.25, 0.3) is 11.0 Å². The Hall–Kier alpha value is -1.95. The fraction of sp³-hybridized carbons (Fsp3) is 0.611. The summed E-state index contributed by atoms with van der Waals surface area (Å²) in [5.41, 5.74) is 2.71. The van der Waals surface area contributed by atoms with Gasteiger partial charge in [0.05, 0.1) is 22.7 Å². The standard InChI is InChI=1S/C18H23N3O3/c1-9-8-12(13-10(2)20-21(5)16(13)19-9)17(22)24-15-11-6-7-23-14(11)18(15,3)4/h8,11,14-15H,6-7H2,1-5H3/t11-,14+,15-/m1/s1. The maximum atomic E-state index is 12.9. The molecule has 24 heavy (non-hydrogen) atoms. The Morgan fingerprint density at radius 1 is 1.42 bits per heavy atom. The summed E-state index contributed by atoms with van der Waals surface area (Å²) >= 11 is 0. The third-order valence-corrected chi connectivity index (χ3v) is 5.54. The molecule has 0 N–H and O–H groups in total. The molecule has 0 aromatic carbocycles. The first-order valence-electron chi connectivity index (χ1n) is 8.44. The molecule has 1 aliphatic heterocycles. The Morgan fingerprint density at radius 3 is 2.92 bits per heavy atom. The number of aryl methyl sites for hydroxylation is 3. The van der Waals surface area contributed by atoms with E-state index in [2.05, 4.69) is 23.9 Å². The van der Waals surface area contributed by atoms with E-state index in [0.717, 1.165) is 35.4 Å². The lowest BCUT2D eigenvalue weighted by molar-refractivity contribution is -0.183. The van der Waals surface area contributed by atoms with Gasteiger partial charge in [-0.15, -0.1) is 0 Å². The van der Waals surface area contributed by atoms with Crippen molar-refractivity contribution in [2.45, 2.75) is 46.3 Å². The van der Waals surface area contributed by atoms with Gasteiger partial charge in [-0.3, -0.25) is 4.68 Å². The first kappa shape index (κ1) is 15.6. The third kappa shape index (κ3) is 2.02. The summed E-state index contributed by atoms with van der Waals surface area (Å²) in [4.78, 5) is 17.4. The van der Waals surface area contributed by atoms with Crippen molar-refractivity contribution in [1.29, 1.82) is 0 Å². The minimum atomic E-state index is -0.287. The van der Waals surface area contributed by atoms with E-state index in [0.29, 0.717) is 11.5 Å². The van der Waals surface area contributed by atoms with Gasteiger partial charge in [0.25, 0.3) is 0 Å². The number of esters is 1. The molecule has 0 radical (unpaired) electrons. The van der Waals surface area contributed by atoms with Gasteiger partial charge in [0.15, 0.2) is 5.65 Å². The minimum Gasteiger partial charge on any atom is -0.458 e. The van der Waals surface area contributed by atoms with E-state index >= 15 is 0 Å². The lowest BCUT2D eigenvalue weighted by atomic mass is 9.59. The van der Waals surface area contributed by atoms with E-state index in [9.17, 15) is 4.79 Å². The molecule has 128 valence electrons. The SMILES string of the molecule is Cc1cc(C(=O)O[C@@H]2[C@@H]3CCO[C@@H]3C2(C)C)c2c(C)nn(C)c2n1. The minimum absolute atomic E-state index is 0.0991. The number of hydrogen-bond acceptors (Lipinski definition) is 5. The van der Waals surface area contributed by atoms with Crippen LogP contribution in [0.5, 0.6) is 0 Å². The highest BCUT2D eigenvalue weighted by molar-refractivity contribution is 6.04. The second-order valence-corrected chi connectivity index (χ2v) is 7.61. The fourth-order valence-electron chi connectivity index (χ4n) is 4.43. The highest BCUT2D eigenvalue weighted by Gasteiger charge is 2.61. The predicted molar refractivity (Wildman–Crippen MR) is 88.8 cm³/mol. The van der Waals surface area contributed by atoms with Gasteiger partial charge in [-0.2, -0.15) is 5.10 Å². The van der Waals surface area contributed by atoms with E-state index in [-0.39, 0.29) is 23.6 Å². The van der Waals surface area contributed by atoms with Crippen LogP contribution in [0.4, 0.5) is 0 Å². The van der Waals surface area contributed by atoms with Crippen LogP contribution in [0.15, 0.2) is 6.07 Å². The molecule has 3 heterocycles. The summed E-state index contributed by atoms with van der Waals surface area (Å²) in [6.45, 7) is 8.75. The van der Waals surface area contributed by atoms with Gasteiger partial charge in [0.1, 0.15) is 6.10 Å². The molecule has 0 spiro atoms. The van der Waals surface area contributed by atoms with Crippen LogP contribution in [-0.4, -0.2) is 39.5 Å². The molecule has 2 aromatic rings. The molecular weight excluding hydrogens is 306 g/mol. The lowest BCUT2D eigenvalue weighted by Crippen LogP contribution is -2.61. The molecular formula is C18H23N3O3. The van der Waals surface area contributed by atoms with Gasteiger partial charge in [0, 0.05) is 30.7 Å². The summed E-state index contributed by atoms with van der Waals surface area (Å²) in [6, 6.07) is 1.80. The molecule has 1 saturated carbocycles. The van der Waals surface area contributed by atoms with Crippen LogP contribution >= 0.6 is 0 Å². The molecule has 4 rings (SSSR count). The Balaban J connectivity index is 1.69. The van der Waals surface area contributed by atoms with Crippen molar-refractivity contribution in [2.24, 2.45) is 18.4 Å². The highest BCUT2D eigenvalue weighted by atomic mass is 16.6. The zero-order valence-corrected chi connectivity index (χ0v) is 14.8. The second-order valence-electron chi connectivity index (χ2n) is 7.61. The molecule has 6 heteroatoms. The largest absolute Gasteiger partial charge is 0.458 e. The second kappa shape index (κ2) is 5.02. The molecule has 1 saturated heterocycles. The lowest BCUT2D eigenvalue weighted by Gasteiger charge is -2.53. The summed E-state index contributed by atoms with van der Waals surface area (Å²) in [5, 5.41) is 5.18. The monoisotopic (exact) mass is 329 g/mol. The van der Waals surface area contributed by atoms with E-state index in [1.807, 2.05) is 20.9 Å². The Kier molecular flexibility index (Phi) is 3.26. The first-order valence-corrected chi connectivity index (χ1v) is 8.44. The van der Waals surface area contributed by atoms with Crippen molar-refractivity contribution in [2.75, 3.05) is 6.61 Å². The van der Waals surface area contributed by atoms with Gasteiger partial charge >= 0.3 is 5.97 Å². The molecule has 0 unspecified atom stereocenters. The maximum absolute atomic E-state index is 12.9. The van der Waals surface area contributed by atoms with Crippen LogP contribution in [-0.2, 0) is 16.5 Å². The Labute approximate surface area is 141 Å². The van der Waals surface area contributed by atoms with Crippen molar-refractivity contribution in [3.8, 4) is 0 Å². The van der Waals surface area contributed by atoms with Crippen molar-refractivity contribution in [1.82, 2.24) is 14.8 Å². The first-order chi connectivity index (χ1) is 11.3. The quantitative estimate of drug-likeness (QED) is 0.792. The van der Waals surface area contributed by atoms with Crippen LogP contribution in [0.2, 0.25) is 0 Å². The zero-order valence-electron chi connectivity index (χ0n) is 14.8. The number of hydrogen-bond donors (Lipinski definition) is 0. The van der Waals surface area contributed by atoms with Gasteiger partial charge in [-0.05, 0) is 26.3 Å². The summed E-state index contributed by atoms with van der Waals surface area (Å²) in [6.07, 6.45) is 1.07. The average molecular weight is 329 g/mol. The number of aromatic nitrogens is 3. The normalized spacial score (nSPS) is 27.8. The number of nitrogens with zero attached hydrogens (tertiary/aromatic N) is 3. The third-order valence-electron chi connectivity index (χ3n) is 5.54. The van der Waals surface area contributed by atoms with Crippen molar-refractivity contribution < 1.29 is 14.3 Å². The van der Waals surface area contributed by atoms with Gasteiger partial charge in [-0.1, -0.05) is 13.8 Å². The van der Waals surface area contributed by atoms with Gasteiger partial charge < -0.3 is 9.47 Å². The number of carbonyl (C=O) groups is 1. The summed E-state index contributed by atoms with van der Waals surface area (Å²) in [7, 11) is 1.84. The van der Waals surface area contributed by atoms with E-state index < -0.39 is 0 Å². The number of carbonyl (C=O) groups excluding carboxylic acids is 1. The van der Waals surface area contributed by atoms with Gasteiger partial charge in [-0.25, -0.2) is 9.78 Å². The molecule has 6 nitrogen and oxygen atoms in total. The van der Waals surface area contributed by atoms with Crippen LogP contribution < -0.4 is 0 Å². The van der Waals surface area contributed by atoms with Crippen molar-refractivity contribution >= 4 is 17.0 Å². The van der Waals surface area contributed by atoms with E-state index in [1.165, 1.54) is 0 Å². The molecule has 2 aromatic heterocycles. The predicted octanol–water partition coefficient (Wildman–Crippen LogP) is 2.56. The topological polar surface area (TPSA) is 66.2 Å². The molecule has 3 atom stereocenters. The van der Waals surface area contributed by atoms with Crippen molar-refractivity contribution in [3.63, 3.8) is 0 Å². The molecule has 2 aliphatic rings. The van der Waals surface area contributed by atoms with Crippen LogP contribution in [0, 0.1) is 25.2 Å². The van der Waals surface area contributed by atoms with E-state index in [4.69, 9.17) is 9.47 Å². The Bertz CT molecular complexity index is 840. The summed E-state index contributed by atoms with van der Waals surface area (Å²) in [5.74, 6) is 0.0300. The zero-order chi connectivity index (χ0) is 17.2. The number of fused-ring (bicyclic) bond motifs is 2. The summed E-state index contributed by atoms with van der Waals surface area (Å²) < 4.78 is 13.4. The number of pyridine rings is 1. The Morgan fingerprint density at radius 2 is 2.17 bits per heavy atom. The van der Waals surface area contributed by atoms with Crippen LogP contribution in [0.3, 0.4) is 0 Å². The van der Waals surface area contributed by atoms with E-state index in [1.54, 1.807) is 10.7 Å². The van der Waals surface area contributed by atoms with Gasteiger partial charge in [0.2, 0.25) is 0 Å². The average Bonchev–Trinajstić information content (AvgIpc) is 3.08. The number of ether oxygens (including phenoxy) is 2. The smallest absolute Gasteiger partial charge is 0.339 e. The maximum Gasteiger partial charge on any atom is 0.339 e. The fourth-order valence-corrected chi connectivity index (χ4v) is 4.43. The molecule has 2 fully saturated rings. The molecule has 0 bridgehead atoms.